The molecule has 1 aromatic rings. The molecule has 1 heterocycles. The van der Waals surface area contributed by atoms with Gasteiger partial charge in [-0.05, 0) is 22.5 Å². The first-order valence-electron chi connectivity index (χ1n) is 3.70. The minimum absolute atomic E-state index is 1.27. The Kier molecular flexibility index (Phi) is 2.59. The summed E-state index contributed by atoms with van der Waals surface area (Å²) in [6.45, 7) is 0. The van der Waals surface area contributed by atoms with E-state index < -0.39 is 0 Å². The van der Waals surface area contributed by atoms with Gasteiger partial charge in [-0.2, -0.15) is 0 Å². The van der Waals surface area contributed by atoms with Crippen molar-refractivity contribution < 1.29 is 0 Å². The molecule has 0 fully saturated rings. The SMILES string of the molecule is C1=CSC(=Cc2ccccc2)S1. The van der Waals surface area contributed by atoms with Crippen molar-refractivity contribution in [2.24, 2.45) is 0 Å². The third-order valence-electron chi connectivity index (χ3n) is 1.51. The summed E-state index contributed by atoms with van der Waals surface area (Å²) in [4.78, 5) is 0. The van der Waals surface area contributed by atoms with Gasteiger partial charge in [0, 0.05) is 4.24 Å². The van der Waals surface area contributed by atoms with Crippen molar-refractivity contribution in [3.8, 4) is 0 Å². The second kappa shape index (κ2) is 3.87. The average molecular weight is 192 g/mol. The van der Waals surface area contributed by atoms with Crippen molar-refractivity contribution in [3.05, 3.63) is 50.9 Å². The van der Waals surface area contributed by atoms with Crippen LogP contribution in [0.15, 0.2) is 45.4 Å². The van der Waals surface area contributed by atoms with E-state index in [0.717, 1.165) is 0 Å². The van der Waals surface area contributed by atoms with Crippen molar-refractivity contribution in [2.45, 2.75) is 0 Å². The first-order chi connectivity index (χ1) is 5.95. The summed E-state index contributed by atoms with van der Waals surface area (Å²) < 4.78 is 1.35. The van der Waals surface area contributed by atoms with E-state index in [2.05, 4.69) is 41.2 Å². The Labute approximate surface area is 80.8 Å². The van der Waals surface area contributed by atoms with E-state index in [-0.39, 0.29) is 0 Å². The highest BCUT2D eigenvalue weighted by Crippen LogP contribution is 2.38. The molecule has 0 unspecified atom stereocenters. The maximum atomic E-state index is 2.20. The molecular formula is C10H8S2. The lowest BCUT2D eigenvalue weighted by Crippen LogP contribution is -1.68. The van der Waals surface area contributed by atoms with Crippen LogP contribution < -0.4 is 0 Å². The monoisotopic (exact) mass is 192 g/mol. The molecule has 60 valence electrons. The molecule has 1 aliphatic rings. The summed E-state index contributed by atoms with van der Waals surface area (Å²) >= 11 is 3.56. The van der Waals surface area contributed by atoms with E-state index in [9.17, 15) is 0 Å². The summed E-state index contributed by atoms with van der Waals surface area (Å²) in [5.41, 5.74) is 1.27. The predicted molar refractivity (Wildman–Crippen MR) is 58.7 cm³/mol. The second-order valence-electron chi connectivity index (χ2n) is 2.38. The summed E-state index contributed by atoms with van der Waals surface area (Å²) in [6.07, 6.45) is 2.20. The summed E-state index contributed by atoms with van der Waals surface area (Å²) in [5, 5.41) is 4.22. The summed E-state index contributed by atoms with van der Waals surface area (Å²) in [5.74, 6) is 0. The molecule has 0 saturated carbocycles. The minimum Gasteiger partial charge on any atom is -0.0902 e. The van der Waals surface area contributed by atoms with Gasteiger partial charge in [0.15, 0.2) is 0 Å². The van der Waals surface area contributed by atoms with Crippen molar-refractivity contribution in [1.29, 1.82) is 0 Å². The third kappa shape index (κ3) is 1.96. The largest absolute Gasteiger partial charge is 0.0902 e. The lowest BCUT2D eigenvalue weighted by Gasteiger charge is -1.94. The molecule has 1 aliphatic heterocycles. The van der Waals surface area contributed by atoms with E-state index in [1.165, 1.54) is 9.80 Å². The fraction of sp³-hybridized carbons (Fsp3) is 0. The fourth-order valence-electron chi connectivity index (χ4n) is 0.971. The van der Waals surface area contributed by atoms with Gasteiger partial charge in [-0.3, -0.25) is 0 Å². The van der Waals surface area contributed by atoms with Crippen molar-refractivity contribution in [3.63, 3.8) is 0 Å². The molecule has 1 aromatic carbocycles. The van der Waals surface area contributed by atoms with Gasteiger partial charge in [0.2, 0.25) is 0 Å². The molecule has 0 N–H and O–H groups in total. The van der Waals surface area contributed by atoms with E-state index in [0.29, 0.717) is 0 Å². The van der Waals surface area contributed by atoms with Crippen LogP contribution in [0.1, 0.15) is 5.56 Å². The molecule has 0 radical (unpaired) electrons. The maximum Gasteiger partial charge on any atom is 0.0493 e. The number of rotatable bonds is 1. The highest BCUT2D eigenvalue weighted by molar-refractivity contribution is 8.27. The molecular weight excluding hydrogens is 184 g/mol. The Hall–Kier alpha value is -0.600. The highest BCUT2D eigenvalue weighted by atomic mass is 32.2. The van der Waals surface area contributed by atoms with Crippen LogP contribution in [0.2, 0.25) is 0 Å². The van der Waals surface area contributed by atoms with E-state index in [1.807, 2.05) is 6.07 Å². The van der Waals surface area contributed by atoms with E-state index in [4.69, 9.17) is 0 Å². The van der Waals surface area contributed by atoms with Gasteiger partial charge in [-0.15, -0.1) is 0 Å². The Bertz CT molecular complexity index is 302. The van der Waals surface area contributed by atoms with Gasteiger partial charge in [-0.1, -0.05) is 53.9 Å². The molecule has 2 rings (SSSR count). The Balaban J connectivity index is 2.17. The van der Waals surface area contributed by atoms with Gasteiger partial charge >= 0.3 is 0 Å². The lowest BCUT2D eigenvalue weighted by atomic mass is 10.2. The zero-order chi connectivity index (χ0) is 8.23. The van der Waals surface area contributed by atoms with Crippen molar-refractivity contribution >= 4 is 29.6 Å². The number of hydrogen-bond acceptors (Lipinski definition) is 2. The third-order valence-corrected chi connectivity index (χ3v) is 3.50. The highest BCUT2D eigenvalue weighted by Gasteiger charge is 2.00. The number of hydrogen-bond donors (Lipinski definition) is 0. The predicted octanol–water partition coefficient (Wildman–Crippen LogP) is 3.94. The van der Waals surface area contributed by atoms with Gasteiger partial charge in [-0.25, -0.2) is 0 Å². The first-order valence-corrected chi connectivity index (χ1v) is 5.46. The molecule has 0 aromatic heterocycles. The van der Waals surface area contributed by atoms with E-state index >= 15 is 0 Å². The van der Waals surface area contributed by atoms with Crippen LogP contribution in [0.5, 0.6) is 0 Å². The quantitative estimate of drug-likeness (QED) is 0.661. The molecule has 0 amide bonds. The van der Waals surface area contributed by atoms with Crippen LogP contribution in [0, 0.1) is 0 Å². The van der Waals surface area contributed by atoms with Gasteiger partial charge in [0.1, 0.15) is 0 Å². The molecule has 12 heavy (non-hydrogen) atoms. The number of benzene rings is 1. The zero-order valence-corrected chi connectivity index (χ0v) is 8.07. The minimum atomic E-state index is 1.27. The Morgan fingerprint density at radius 1 is 0.917 bits per heavy atom. The van der Waals surface area contributed by atoms with Gasteiger partial charge in [0.25, 0.3) is 0 Å². The van der Waals surface area contributed by atoms with Crippen LogP contribution in [-0.4, -0.2) is 0 Å². The van der Waals surface area contributed by atoms with Crippen molar-refractivity contribution in [2.75, 3.05) is 0 Å². The van der Waals surface area contributed by atoms with Crippen LogP contribution >= 0.6 is 23.5 Å². The zero-order valence-electron chi connectivity index (χ0n) is 6.44. The molecule has 0 spiro atoms. The summed E-state index contributed by atoms with van der Waals surface area (Å²) in [6, 6.07) is 10.4. The van der Waals surface area contributed by atoms with Crippen LogP contribution in [0.4, 0.5) is 0 Å². The number of thioether (sulfide) groups is 2. The lowest BCUT2D eigenvalue weighted by molar-refractivity contribution is 1.66. The van der Waals surface area contributed by atoms with Crippen LogP contribution in [0.3, 0.4) is 0 Å². The molecule has 0 aliphatic carbocycles. The van der Waals surface area contributed by atoms with Crippen LogP contribution in [0.25, 0.3) is 6.08 Å². The topological polar surface area (TPSA) is 0 Å². The molecule has 2 heteroatoms. The molecule has 0 saturated heterocycles. The van der Waals surface area contributed by atoms with Gasteiger partial charge in [0.05, 0.1) is 0 Å². The van der Waals surface area contributed by atoms with E-state index in [1.54, 1.807) is 23.5 Å². The maximum absolute atomic E-state index is 2.20. The van der Waals surface area contributed by atoms with Crippen LogP contribution in [-0.2, 0) is 0 Å². The first kappa shape index (κ1) is 8.02. The van der Waals surface area contributed by atoms with Gasteiger partial charge < -0.3 is 0 Å². The van der Waals surface area contributed by atoms with Crippen molar-refractivity contribution in [1.82, 2.24) is 0 Å². The average Bonchev–Trinajstić information content (AvgIpc) is 2.59. The Morgan fingerprint density at radius 2 is 1.58 bits per heavy atom. The summed E-state index contributed by atoms with van der Waals surface area (Å²) in [7, 11) is 0. The molecule has 0 bridgehead atoms. The fourth-order valence-corrected chi connectivity index (χ4v) is 2.65. The molecule has 0 nitrogen and oxygen atoms in total. The Morgan fingerprint density at radius 3 is 2.25 bits per heavy atom. The smallest absolute Gasteiger partial charge is 0.0493 e. The normalized spacial score (nSPS) is 15.2. The molecule has 0 atom stereocenters. The second-order valence-corrected chi connectivity index (χ2v) is 4.54. The standard InChI is InChI=1S/C10H8S2/c1-2-4-9(5-3-1)8-10-11-6-7-12-10/h1-8H.